The predicted molar refractivity (Wildman–Crippen MR) is 74.7 cm³/mol. The van der Waals surface area contributed by atoms with E-state index >= 15 is 0 Å². The first-order valence-electron chi connectivity index (χ1n) is 7.21. The van der Waals surface area contributed by atoms with Crippen LogP contribution in [0.25, 0.3) is 0 Å². The minimum atomic E-state index is -0.780. The Balaban J connectivity index is 2.93. The largest absolute Gasteiger partial charge is 0.467 e. The molecule has 5 nitrogen and oxygen atoms in total. The second-order valence-electron chi connectivity index (χ2n) is 6.30. The molecule has 2 atom stereocenters. The molecule has 1 saturated heterocycles. The highest BCUT2D eigenvalue weighted by Crippen LogP contribution is 2.29. The van der Waals surface area contributed by atoms with E-state index in [1.54, 1.807) is 0 Å². The third-order valence-electron chi connectivity index (χ3n) is 3.51. The molecule has 1 aliphatic rings. The van der Waals surface area contributed by atoms with Crippen molar-refractivity contribution < 1.29 is 19.1 Å². The minimum Gasteiger partial charge on any atom is -0.467 e. The van der Waals surface area contributed by atoms with Gasteiger partial charge >= 0.3 is 5.97 Å². The molecule has 0 aliphatic carbocycles. The maximum atomic E-state index is 12.4. The molecule has 0 N–H and O–H groups in total. The first-order chi connectivity index (χ1) is 9.27. The van der Waals surface area contributed by atoms with Gasteiger partial charge in [0.1, 0.15) is 6.04 Å². The van der Waals surface area contributed by atoms with E-state index in [1.807, 2.05) is 27.7 Å². The number of hydrogen-bond donors (Lipinski definition) is 0. The zero-order valence-electron chi connectivity index (χ0n) is 13.0. The molecule has 1 rings (SSSR count). The van der Waals surface area contributed by atoms with Gasteiger partial charge < -0.3 is 4.74 Å². The van der Waals surface area contributed by atoms with Crippen LogP contribution in [-0.4, -0.2) is 35.8 Å². The van der Waals surface area contributed by atoms with Crippen LogP contribution in [0.1, 0.15) is 47.0 Å². The fraction of sp³-hybridized carbons (Fsp3) is 0.800. The number of imide groups is 1. The lowest BCUT2D eigenvalue weighted by molar-refractivity contribution is -0.157. The van der Waals surface area contributed by atoms with E-state index in [2.05, 4.69) is 0 Å². The van der Waals surface area contributed by atoms with E-state index < -0.39 is 12.0 Å². The number of methoxy groups -OCH3 is 1. The maximum absolute atomic E-state index is 12.4. The van der Waals surface area contributed by atoms with Crippen molar-refractivity contribution in [3.05, 3.63) is 0 Å². The smallest absolute Gasteiger partial charge is 0.329 e. The van der Waals surface area contributed by atoms with Crippen molar-refractivity contribution in [3.63, 3.8) is 0 Å². The summed E-state index contributed by atoms with van der Waals surface area (Å²) in [4.78, 5) is 37.5. The molecule has 1 heterocycles. The SMILES string of the molecule is COC(=O)[C@H](CC(C)C)N1C(=O)CC(CC(C)C)C1=O. The van der Waals surface area contributed by atoms with Gasteiger partial charge in [-0.3, -0.25) is 14.5 Å². The van der Waals surface area contributed by atoms with Crippen molar-refractivity contribution in [2.45, 2.75) is 53.0 Å². The quantitative estimate of drug-likeness (QED) is 0.552. The van der Waals surface area contributed by atoms with Crippen molar-refractivity contribution >= 4 is 17.8 Å². The van der Waals surface area contributed by atoms with Gasteiger partial charge in [-0.25, -0.2) is 4.79 Å². The lowest BCUT2D eigenvalue weighted by Crippen LogP contribution is -2.46. The Morgan fingerprint density at radius 3 is 2.30 bits per heavy atom. The van der Waals surface area contributed by atoms with E-state index in [1.165, 1.54) is 7.11 Å². The maximum Gasteiger partial charge on any atom is 0.329 e. The number of esters is 1. The second kappa shape index (κ2) is 6.86. The number of rotatable bonds is 6. The average molecular weight is 283 g/mol. The Morgan fingerprint density at radius 2 is 1.85 bits per heavy atom. The number of nitrogens with zero attached hydrogens (tertiary/aromatic N) is 1. The molecule has 1 fully saturated rings. The van der Waals surface area contributed by atoms with Crippen molar-refractivity contribution in [2.24, 2.45) is 17.8 Å². The van der Waals surface area contributed by atoms with Crippen molar-refractivity contribution in [3.8, 4) is 0 Å². The topological polar surface area (TPSA) is 63.7 Å². The Labute approximate surface area is 120 Å². The summed E-state index contributed by atoms with van der Waals surface area (Å²) >= 11 is 0. The highest BCUT2D eigenvalue weighted by atomic mass is 16.5. The highest BCUT2D eigenvalue weighted by molar-refractivity contribution is 6.06. The van der Waals surface area contributed by atoms with Gasteiger partial charge in [-0.05, 0) is 24.7 Å². The Kier molecular flexibility index (Phi) is 5.72. The van der Waals surface area contributed by atoms with Gasteiger partial charge in [-0.2, -0.15) is 0 Å². The van der Waals surface area contributed by atoms with Crippen LogP contribution in [-0.2, 0) is 19.1 Å². The average Bonchev–Trinajstić information content (AvgIpc) is 2.60. The standard InChI is InChI=1S/C15H25NO4/c1-9(2)6-11-8-13(17)16(14(11)18)12(7-10(3)4)15(19)20-5/h9-12H,6-8H2,1-5H3/t11?,12-/m0/s1. The molecule has 0 aromatic heterocycles. The summed E-state index contributed by atoms with van der Waals surface area (Å²) in [5.74, 6) is -0.730. The molecule has 0 aromatic carbocycles. The summed E-state index contributed by atoms with van der Waals surface area (Å²) in [6, 6.07) is -0.780. The Bertz CT molecular complexity index is 389. The fourth-order valence-electron chi connectivity index (χ4n) is 2.69. The molecule has 5 heteroatoms. The van der Waals surface area contributed by atoms with E-state index in [-0.39, 0.29) is 30.1 Å². The van der Waals surface area contributed by atoms with Crippen molar-refractivity contribution in [1.82, 2.24) is 4.90 Å². The molecule has 0 aromatic rings. The summed E-state index contributed by atoms with van der Waals surface area (Å²) in [6.45, 7) is 7.94. The van der Waals surface area contributed by atoms with Gasteiger partial charge in [0.2, 0.25) is 11.8 Å². The lowest BCUT2D eigenvalue weighted by Gasteiger charge is -2.26. The highest BCUT2D eigenvalue weighted by Gasteiger charge is 2.45. The monoisotopic (exact) mass is 283 g/mol. The van der Waals surface area contributed by atoms with E-state index in [0.717, 1.165) is 4.90 Å². The first-order valence-corrected chi connectivity index (χ1v) is 7.21. The number of ether oxygens (including phenoxy) is 1. The minimum absolute atomic E-state index is 0.198. The van der Waals surface area contributed by atoms with Gasteiger partial charge in [0.15, 0.2) is 0 Å². The summed E-state index contributed by atoms with van der Waals surface area (Å²) < 4.78 is 4.75. The fourth-order valence-corrected chi connectivity index (χ4v) is 2.69. The second-order valence-corrected chi connectivity index (χ2v) is 6.30. The molecular formula is C15H25NO4. The molecule has 20 heavy (non-hydrogen) atoms. The van der Waals surface area contributed by atoms with Crippen LogP contribution in [0, 0.1) is 17.8 Å². The van der Waals surface area contributed by atoms with Crippen molar-refractivity contribution in [1.29, 1.82) is 0 Å². The number of amides is 2. The van der Waals surface area contributed by atoms with E-state index in [9.17, 15) is 14.4 Å². The molecule has 1 unspecified atom stereocenters. The van der Waals surface area contributed by atoms with Crippen LogP contribution >= 0.6 is 0 Å². The molecule has 2 amide bonds. The molecule has 0 saturated carbocycles. The van der Waals surface area contributed by atoms with Gasteiger partial charge in [-0.1, -0.05) is 27.7 Å². The number of carbonyl (C=O) groups is 3. The number of likely N-dealkylation sites (tertiary alicyclic amines) is 1. The third-order valence-corrected chi connectivity index (χ3v) is 3.51. The van der Waals surface area contributed by atoms with Crippen LogP contribution in [0.3, 0.4) is 0 Å². The van der Waals surface area contributed by atoms with Gasteiger partial charge in [0.25, 0.3) is 0 Å². The molecule has 0 spiro atoms. The molecular weight excluding hydrogens is 258 g/mol. The van der Waals surface area contributed by atoms with Crippen LogP contribution in [0.5, 0.6) is 0 Å². The van der Waals surface area contributed by atoms with E-state index in [4.69, 9.17) is 4.74 Å². The first kappa shape index (κ1) is 16.7. The van der Waals surface area contributed by atoms with Gasteiger partial charge in [0.05, 0.1) is 7.11 Å². The van der Waals surface area contributed by atoms with Gasteiger partial charge in [-0.15, -0.1) is 0 Å². The molecule has 114 valence electrons. The lowest BCUT2D eigenvalue weighted by atomic mass is 9.95. The van der Waals surface area contributed by atoms with Gasteiger partial charge in [0, 0.05) is 12.3 Å². The Morgan fingerprint density at radius 1 is 1.25 bits per heavy atom. The van der Waals surface area contributed by atoms with Crippen molar-refractivity contribution in [2.75, 3.05) is 7.11 Å². The number of carbonyl (C=O) groups excluding carboxylic acids is 3. The Hall–Kier alpha value is -1.39. The summed E-state index contributed by atoms with van der Waals surface area (Å²) in [6.07, 6.45) is 1.33. The normalized spacial score (nSPS) is 20.9. The third kappa shape index (κ3) is 3.81. The summed E-state index contributed by atoms with van der Waals surface area (Å²) in [7, 11) is 1.28. The summed E-state index contributed by atoms with van der Waals surface area (Å²) in [5.41, 5.74) is 0. The predicted octanol–water partition coefficient (Wildman–Crippen LogP) is 2.00. The van der Waals surface area contributed by atoms with Crippen LogP contribution in [0.15, 0.2) is 0 Å². The van der Waals surface area contributed by atoms with Crippen LogP contribution in [0.4, 0.5) is 0 Å². The van der Waals surface area contributed by atoms with Crippen LogP contribution in [0.2, 0.25) is 0 Å². The van der Waals surface area contributed by atoms with Crippen LogP contribution < -0.4 is 0 Å². The zero-order chi connectivity index (χ0) is 15.4. The molecule has 1 aliphatic heterocycles. The molecule has 0 bridgehead atoms. The molecule has 0 radical (unpaired) electrons. The zero-order valence-corrected chi connectivity index (χ0v) is 13.0. The van der Waals surface area contributed by atoms with E-state index in [0.29, 0.717) is 18.8 Å². The summed E-state index contributed by atoms with van der Waals surface area (Å²) in [5, 5.41) is 0. The number of hydrogen-bond acceptors (Lipinski definition) is 4.